The number of nitrogens with one attached hydrogen (secondary N) is 1. The highest BCUT2D eigenvalue weighted by Crippen LogP contribution is 2.30. The molecular weight excluding hydrogens is 234 g/mol. The van der Waals surface area contributed by atoms with Crippen molar-refractivity contribution < 1.29 is 0 Å². The Morgan fingerprint density at radius 3 is 2.74 bits per heavy atom. The summed E-state index contributed by atoms with van der Waals surface area (Å²) in [5.74, 6) is 1.18. The number of pyridine rings is 1. The van der Waals surface area contributed by atoms with Gasteiger partial charge in [0, 0.05) is 30.4 Å². The molecule has 0 radical (unpaired) electrons. The van der Waals surface area contributed by atoms with Crippen molar-refractivity contribution in [2.75, 3.05) is 18.5 Å². The van der Waals surface area contributed by atoms with Gasteiger partial charge in [0.15, 0.2) is 0 Å². The van der Waals surface area contributed by atoms with E-state index in [0.29, 0.717) is 12.1 Å². The highest BCUT2D eigenvalue weighted by molar-refractivity contribution is 5.49. The van der Waals surface area contributed by atoms with Gasteiger partial charge in [-0.05, 0) is 39.8 Å². The summed E-state index contributed by atoms with van der Waals surface area (Å²) in [7, 11) is 2.01. The topological polar surface area (TPSA) is 28.2 Å². The van der Waals surface area contributed by atoms with Gasteiger partial charge in [-0.25, -0.2) is 4.98 Å². The van der Waals surface area contributed by atoms with E-state index < -0.39 is 0 Å². The van der Waals surface area contributed by atoms with Crippen LogP contribution >= 0.6 is 0 Å². The zero-order chi connectivity index (χ0) is 13.7. The number of hydrogen-bond donors (Lipinski definition) is 1. The van der Waals surface area contributed by atoms with Crippen molar-refractivity contribution in [1.82, 2.24) is 10.3 Å². The van der Waals surface area contributed by atoms with E-state index in [4.69, 9.17) is 0 Å². The van der Waals surface area contributed by atoms with Gasteiger partial charge < -0.3 is 10.2 Å². The molecule has 1 fully saturated rings. The van der Waals surface area contributed by atoms with Gasteiger partial charge in [0.05, 0.1) is 0 Å². The Labute approximate surface area is 117 Å². The molecular formula is C16H27N3. The Bertz CT molecular complexity index is 385. The highest BCUT2D eigenvalue weighted by Gasteiger charge is 2.23. The van der Waals surface area contributed by atoms with Crippen molar-refractivity contribution in [1.29, 1.82) is 0 Å². The minimum absolute atomic E-state index is 0.348. The summed E-state index contributed by atoms with van der Waals surface area (Å²) in [6.45, 7) is 5.50. The molecule has 1 heterocycles. The lowest BCUT2D eigenvalue weighted by Crippen LogP contribution is -2.38. The van der Waals surface area contributed by atoms with Gasteiger partial charge in [-0.3, -0.25) is 0 Å². The van der Waals surface area contributed by atoms with E-state index >= 15 is 0 Å². The molecule has 0 bridgehead atoms. The van der Waals surface area contributed by atoms with E-state index in [1.807, 2.05) is 19.3 Å². The fraction of sp³-hybridized carbons (Fsp3) is 0.688. The SMILES string of the molecule is CCN(c1ncccc1C(C)NC)C1CCCCC1. The smallest absolute Gasteiger partial charge is 0.133 e. The van der Waals surface area contributed by atoms with Crippen LogP contribution in [0.5, 0.6) is 0 Å². The molecule has 0 amide bonds. The van der Waals surface area contributed by atoms with Crippen LogP contribution in [0.2, 0.25) is 0 Å². The van der Waals surface area contributed by atoms with Crippen LogP contribution in [0, 0.1) is 0 Å². The molecule has 3 nitrogen and oxygen atoms in total. The van der Waals surface area contributed by atoms with Crippen LogP contribution in [-0.2, 0) is 0 Å². The molecule has 2 rings (SSSR count). The standard InChI is InChI=1S/C16H27N3/c1-4-19(14-9-6-5-7-10-14)16-15(13(2)17-3)11-8-12-18-16/h8,11-14,17H,4-7,9-10H2,1-3H3. The molecule has 1 saturated carbocycles. The molecule has 1 N–H and O–H groups in total. The first-order valence-corrected chi connectivity index (χ1v) is 7.66. The van der Waals surface area contributed by atoms with Gasteiger partial charge in [-0.2, -0.15) is 0 Å². The summed E-state index contributed by atoms with van der Waals surface area (Å²) >= 11 is 0. The molecule has 1 unspecified atom stereocenters. The van der Waals surface area contributed by atoms with Crippen molar-refractivity contribution in [3.05, 3.63) is 23.9 Å². The molecule has 1 atom stereocenters. The van der Waals surface area contributed by atoms with Crippen molar-refractivity contribution in [2.24, 2.45) is 0 Å². The molecule has 1 aliphatic rings. The van der Waals surface area contributed by atoms with Crippen LogP contribution in [0.1, 0.15) is 57.6 Å². The lowest BCUT2D eigenvalue weighted by Gasteiger charge is -2.36. The first-order chi connectivity index (χ1) is 9.27. The molecule has 1 aromatic rings. The molecule has 1 aliphatic carbocycles. The van der Waals surface area contributed by atoms with Gasteiger partial charge in [0.2, 0.25) is 0 Å². The van der Waals surface area contributed by atoms with Gasteiger partial charge in [0.25, 0.3) is 0 Å². The summed E-state index contributed by atoms with van der Waals surface area (Å²) in [5.41, 5.74) is 1.32. The second kappa shape index (κ2) is 6.90. The fourth-order valence-corrected chi connectivity index (χ4v) is 3.12. The van der Waals surface area contributed by atoms with Gasteiger partial charge in [0.1, 0.15) is 5.82 Å². The summed E-state index contributed by atoms with van der Waals surface area (Å²) in [6, 6.07) is 5.27. The number of anilines is 1. The number of rotatable bonds is 5. The van der Waals surface area contributed by atoms with E-state index in [2.05, 4.69) is 35.1 Å². The van der Waals surface area contributed by atoms with E-state index in [-0.39, 0.29) is 0 Å². The van der Waals surface area contributed by atoms with E-state index in [9.17, 15) is 0 Å². The third-order valence-electron chi connectivity index (χ3n) is 4.34. The Hall–Kier alpha value is -1.09. The minimum Gasteiger partial charge on any atom is -0.354 e. The first-order valence-electron chi connectivity index (χ1n) is 7.66. The molecule has 0 saturated heterocycles. The maximum atomic E-state index is 4.68. The average molecular weight is 261 g/mol. The van der Waals surface area contributed by atoms with E-state index in [1.54, 1.807) is 0 Å². The Kier molecular flexibility index (Phi) is 5.20. The number of hydrogen-bond acceptors (Lipinski definition) is 3. The van der Waals surface area contributed by atoms with Crippen LogP contribution in [0.4, 0.5) is 5.82 Å². The average Bonchev–Trinajstić information content (AvgIpc) is 2.49. The minimum atomic E-state index is 0.348. The second-order valence-corrected chi connectivity index (χ2v) is 5.50. The van der Waals surface area contributed by atoms with Crippen molar-refractivity contribution in [3.63, 3.8) is 0 Å². The van der Waals surface area contributed by atoms with Gasteiger partial charge >= 0.3 is 0 Å². The largest absolute Gasteiger partial charge is 0.354 e. The molecule has 1 aromatic heterocycles. The van der Waals surface area contributed by atoms with E-state index in [0.717, 1.165) is 6.54 Å². The van der Waals surface area contributed by atoms with Gasteiger partial charge in [-0.15, -0.1) is 0 Å². The van der Waals surface area contributed by atoms with Gasteiger partial charge in [-0.1, -0.05) is 25.3 Å². The maximum Gasteiger partial charge on any atom is 0.133 e. The molecule has 0 spiro atoms. The monoisotopic (exact) mass is 261 g/mol. The molecule has 106 valence electrons. The van der Waals surface area contributed by atoms with Crippen LogP contribution in [0.15, 0.2) is 18.3 Å². The Morgan fingerprint density at radius 1 is 1.37 bits per heavy atom. The van der Waals surface area contributed by atoms with Crippen LogP contribution in [0.25, 0.3) is 0 Å². The van der Waals surface area contributed by atoms with Crippen LogP contribution in [-0.4, -0.2) is 24.6 Å². The van der Waals surface area contributed by atoms with Crippen LogP contribution in [0.3, 0.4) is 0 Å². The summed E-state index contributed by atoms with van der Waals surface area (Å²) in [6.07, 6.45) is 8.69. The quantitative estimate of drug-likeness (QED) is 0.879. The highest BCUT2D eigenvalue weighted by atomic mass is 15.2. The van der Waals surface area contributed by atoms with Crippen molar-refractivity contribution >= 4 is 5.82 Å². The van der Waals surface area contributed by atoms with Crippen molar-refractivity contribution in [3.8, 4) is 0 Å². The van der Waals surface area contributed by atoms with Crippen molar-refractivity contribution in [2.45, 2.75) is 58.0 Å². The zero-order valence-electron chi connectivity index (χ0n) is 12.5. The predicted octanol–water partition coefficient (Wildman–Crippen LogP) is 3.52. The third kappa shape index (κ3) is 3.27. The first kappa shape index (κ1) is 14.3. The normalized spacial score (nSPS) is 18.3. The zero-order valence-corrected chi connectivity index (χ0v) is 12.5. The lowest BCUT2D eigenvalue weighted by atomic mass is 9.93. The fourth-order valence-electron chi connectivity index (χ4n) is 3.12. The Balaban J connectivity index is 2.26. The third-order valence-corrected chi connectivity index (χ3v) is 4.34. The summed E-state index contributed by atoms with van der Waals surface area (Å²) in [4.78, 5) is 7.20. The molecule has 0 aliphatic heterocycles. The molecule has 3 heteroatoms. The lowest BCUT2D eigenvalue weighted by molar-refractivity contribution is 0.415. The van der Waals surface area contributed by atoms with Crippen LogP contribution < -0.4 is 10.2 Å². The molecule has 19 heavy (non-hydrogen) atoms. The number of nitrogens with zero attached hydrogens (tertiary/aromatic N) is 2. The predicted molar refractivity (Wildman–Crippen MR) is 81.6 cm³/mol. The van der Waals surface area contributed by atoms with E-state index in [1.165, 1.54) is 43.5 Å². The summed E-state index contributed by atoms with van der Waals surface area (Å²) < 4.78 is 0. The second-order valence-electron chi connectivity index (χ2n) is 5.50. The molecule has 0 aromatic carbocycles. The summed E-state index contributed by atoms with van der Waals surface area (Å²) in [5, 5.41) is 3.34. The maximum absolute atomic E-state index is 4.68. The Morgan fingerprint density at radius 2 is 2.11 bits per heavy atom. The number of aromatic nitrogens is 1.